The van der Waals surface area contributed by atoms with Crippen LogP contribution in [0.2, 0.25) is 0 Å². The molecule has 0 bridgehead atoms. The first-order valence-corrected chi connectivity index (χ1v) is 7.92. The van der Waals surface area contributed by atoms with E-state index in [9.17, 15) is 0 Å². The van der Waals surface area contributed by atoms with Gasteiger partial charge in [-0.15, -0.1) is 0 Å². The molecule has 0 aliphatic heterocycles. The lowest BCUT2D eigenvalue weighted by molar-refractivity contribution is 0.231. The Morgan fingerprint density at radius 3 is 2.65 bits per heavy atom. The van der Waals surface area contributed by atoms with Crippen LogP contribution < -0.4 is 5.32 Å². The summed E-state index contributed by atoms with van der Waals surface area (Å²) in [5, 5.41) is 8.07. The number of thiophene rings is 1. The Labute approximate surface area is 111 Å². The molecule has 0 aromatic carbocycles. The van der Waals surface area contributed by atoms with Crippen molar-refractivity contribution in [3.05, 3.63) is 22.4 Å². The summed E-state index contributed by atoms with van der Waals surface area (Å²) in [6, 6.07) is 2.28. The van der Waals surface area contributed by atoms with E-state index in [4.69, 9.17) is 0 Å². The molecule has 17 heavy (non-hydrogen) atoms. The maximum absolute atomic E-state index is 3.56. The first kappa shape index (κ1) is 14.7. The fourth-order valence-electron chi connectivity index (χ4n) is 2.43. The standard InChI is InChI=1S/C15H27NS/c1-4-7-9-15(5-2,13-16-6-3)11-14-8-10-17-12-14/h8,10,12,16H,4-7,9,11,13H2,1-3H3. The fourth-order valence-corrected chi connectivity index (χ4v) is 3.10. The second-order valence-electron chi connectivity index (χ2n) is 5.05. The van der Waals surface area contributed by atoms with E-state index in [1.54, 1.807) is 0 Å². The molecule has 0 saturated carbocycles. The average Bonchev–Trinajstić information content (AvgIpc) is 2.85. The molecule has 1 unspecified atom stereocenters. The highest BCUT2D eigenvalue weighted by molar-refractivity contribution is 7.07. The Balaban J connectivity index is 2.66. The zero-order valence-electron chi connectivity index (χ0n) is 11.6. The minimum atomic E-state index is 0.465. The monoisotopic (exact) mass is 253 g/mol. The molecule has 2 heteroatoms. The van der Waals surface area contributed by atoms with Crippen LogP contribution >= 0.6 is 11.3 Å². The largest absolute Gasteiger partial charge is 0.316 e. The molecular weight excluding hydrogens is 226 g/mol. The van der Waals surface area contributed by atoms with Gasteiger partial charge in [-0.25, -0.2) is 0 Å². The Morgan fingerprint density at radius 2 is 2.12 bits per heavy atom. The normalized spacial score (nSPS) is 14.8. The van der Waals surface area contributed by atoms with Gasteiger partial charge in [-0.05, 0) is 53.6 Å². The van der Waals surface area contributed by atoms with Crippen molar-refractivity contribution in [2.24, 2.45) is 5.41 Å². The van der Waals surface area contributed by atoms with Crippen LogP contribution in [0.25, 0.3) is 0 Å². The smallest absolute Gasteiger partial charge is 0.00108 e. The van der Waals surface area contributed by atoms with Crippen molar-refractivity contribution in [3.8, 4) is 0 Å². The number of rotatable bonds is 9. The van der Waals surface area contributed by atoms with Gasteiger partial charge in [0, 0.05) is 6.54 Å². The first-order chi connectivity index (χ1) is 8.26. The van der Waals surface area contributed by atoms with E-state index in [1.165, 1.54) is 37.7 Å². The maximum Gasteiger partial charge on any atom is 0.00108 e. The molecule has 0 aliphatic rings. The van der Waals surface area contributed by atoms with Crippen molar-refractivity contribution in [3.63, 3.8) is 0 Å². The topological polar surface area (TPSA) is 12.0 Å². The quantitative estimate of drug-likeness (QED) is 0.684. The Bertz CT molecular complexity index is 271. The van der Waals surface area contributed by atoms with Gasteiger partial charge in [0.1, 0.15) is 0 Å². The molecule has 1 atom stereocenters. The second kappa shape index (κ2) is 7.88. The summed E-state index contributed by atoms with van der Waals surface area (Å²) in [5.41, 5.74) is 1.98. The lowest BCUT2D eigenvalue weighted by atomic mass is 9.75. The maximum atomic E-state index is 3.56. The van der Waals surface area contributed by atoms with Gasteiger partial charge in [-0.2, -0.15) is 11.3 Å². The lowest BCUT2D eigenvalue weighted by Gasteiger charge is -2.33. The SMILES string of the molecule is CCCCC(CC)(CNCC)Cc1ccsc1. The van der Waals surface area contributed by atoms with Crippen molar-refractivity contribution >= 4 is 11.3 Å². The van der Waals surface area contributed by atoms with Crippen LogP contribution in [0, 0.1) is 5.41 Å². The van der Waals surface area contributed by atoms with Crippen LogP contribution in [0.5, 0.6) is 0 Å². The van der Waals surface area contributed by atoms with Crippen molar-refractivity contribution in [1.82, 2.24) is 5.32 Å². The van der Waals surface area contributed by atoms with Gasteiger partial charge in [0.25, 0.3) is 0 Å². The second-order valence-corrected chi connectivity index (χ2v) is 5.83. The highest BCUT2D eigenvalue weighted by Crippen LogP contribution is 2.33. The number of hydrogen-bond acceptors (Lipinski definition) is 2. The van der Waals surface area contributed by atoms with Gasteiger partial charge >= 0.3 is 0 Å². The summed E-state index contributed by atoms with van der Waals surface area (Å²) >= 11 is 1.82. The van der Waals surface area contributed by atoms with Crippen LogP contribution in [-0.2, 0) is 6.42 Å². The van der Waals surface area contributed by atoms with E-state index in [1.807, 2.05) is 11.3 Å². The van der Waals surface area contributed by atoms with Gasteiger partial charge in [0.15, 0.2) is 0 Å². The van der Waals surface area contributed by atoms with E-state index in [-0.39, 0.29) is 0 Å². The molecule has 0 spiro atoms. The summed E-state index contributed by atoms with van der Waals surface area (Å²) in [4.78, 5) is 0. The molecule has 0 fully saturated rings. The Hall–Kier alpha value is -0.340. The molecule has 0 radical (unpaired) electrons. The third-order valence-corrected chi connectivity index (χ3v) is 4.45. The van der Waals surface area contributed by atoms with E-state index >= 15 is 0 Å². The summed E-state index contributed by atoms with van der Waals surface area (Å²) in [5.74, 6) is 0. The Morgan fingerprint density at radius 1 is 1.29 bits per heavy atom. The summed E-state index contributed by atoms with van der Waals surface area (Å²) in [6.45, 7) is 9.08. The predicted octanol–water partition coefficient (Wildman–Crippen LogP) is 4.49. The summed E-state index contributed by atoms with van der Waals surface area (Å²) < 4.78 is 0. The van der Waals surface area contributed by atoms with Gasteiger partial charge in [-0.1, -0.05) is 33.6 Å². The molecular formula is C15H27NS. The third kappa shape index (κ3) is 4.81. The van der Waals surface area contributed by atoms with Gasteiger partial charge in [-0.3, -0.25) is 0 Å². The fraction of sp³-hybridized carbons (Fsp3) is 0.733. The van der Waals surface area contributed by atoms with Crippen molar-refractivity contribution in [2.45, 2.75) is 52.9 Å². The van der Waals surface area contributed by atoms with E-state index in [2.05, 4.69) is 42.9 Å². The van der Waals surface area contributed by atoms with Gasteiger partial charge in [0.05, 0.1) is 0 Å². The van der Waals surface area contributed by atoms with E-state index < -0.39 is 0 Å². The average molecular weight is 253 g/mol. The molecule has 1 nitrogen and oxygen atoms in total. The predicted molar refractivity (Wildman–Crippen MR) is 78.8 cm³/mol. The highest BCUT2D eigenvalue weighted by atomic mass is 32.1. The molecule has 1 rings (SSSR count). The number of unbranched alkanes of at least 4 members (excludes halogenated alkanes) is 1. The van der Waals surface area contributed by atoms with Crippen LogP contribution in [0.1, 0.15) is 52.0 Å². The number of nitrogens with one attached hydrogen (secondary N) is 1. The number of hydrogen-bond donors (Lipinski definition) is 1. The summed E-state index contributed by atoms with van der Waals surface area (Å²) in [6.07, 6.45) is 6.51. The molecule has 1 aromatic rings. The molecule has 98 valence electrons. The van der Waals surface area contributed by atoms with Crippen molar-refractivity contribution < 1.29 is 0 Å². The van der Waals surface area contributed by atoms with Crippen LogP contribution in [0.3, 0.4) is 0 Å². The molecule has 1 N–H and O–H groups in total. The molecule has 0 aliphatic carbocycles. The van der Waals surface area contributed by atoms with Crippen LogP contribution in [0.15, 0.2) is 16.8 Å². The molecule has 1 aromatic heterocycles. The van der Waals surface area contributed by atoms with E-state index in [0.29, 0.717) is 5.41 Å². The summed E-state index contributed by atoms with van der Waals surface area (Å²) in [7, 11) is 0. The molecule has 1 heterocycles. The lowest BCUT2D eigenvalue weighted by Crippen LogP contribution is -2.35. The third-order valence-electron chi connectivity index (χ3n) is 3.72. The van der Waals surface area contributed by atoms with Gasteiger partial charge in [0.2, 0.25) is 0 Å². The van der Waals surface area contributed by atoms with E-state index in [0.717, 1.165) is 13.1 Å². The molecule has 0 amide bonds. The minimum Gasteiger partial charge on any atom is -0.316 e. The first-order valence-electron chi connectivity index (χ1n) is 6.98. The zero-order valence-corrected chi connectivity index (χ0v) is 12.4. The van der Waals surface area contributed by atoms with Crippen LogP contribution in [0.4, 0.5) is 0 Å². The van der Waals surface area contributed by atoms with Crippen molar-refractivity contribution in [2.75, 3.05) is 13.1 Å². The minimum absolute atomic E-state index is 0.465. The highest BCUT2D eigenvalue weighted by Gasteiger charge is 2.27. The van der Waals surface area contributed by atoms with Crippen molar-refractivity contribution in [1.29, 1.82) is 0 Å². The zero-order chi connectivity index (χ0) is 12.6. The molecule has 0 saturated heterocycles. The van der Waals surface area contributed by atoms with Crippen LogP contribution in [-0.4, -0.2) is 13.1 Å². The Kier molecular flexibility index (Phi) is 6.83. The van der Waals surface area contributed by atoms with Gasteiger partial charge < -0.3 is 5.32 Å².